The highest BCUT2D eigenvalue weighted by Gasteiger charge is 2.52. The molecule has 5 rings (SSSR count). The number of carbonyl (C=O) groups excluding carboxylic acids is 2. The van der Waals surface area contributed by atoms with E-state index in [0.717, 1.165) is 36.7 Å². The number of nitrogens with zero attached hydrogens (tertiary/aromatic N) is 2. The van der Waals surface area contributed by atoms with Gasteiger partial charge in [-0.05, 0) is 49.7 Å². The number of hydrogen-bond acceptors (Lipinski definition) is 5. The van der Waals surface area contributed by atoms with Crippen molar-refractivity contribution in [3.8, 4) is 0 Å². The van der Waals surface area contributed by atoms with Gasteiger partial charge in [-0.2, -0.15) is 0 Å². The summed E-state index contributed by atoms with van der Waals surface area (Å²) in [6, 6.07) is 1.90. The van der Waals surface area contributed by atoms with E-state index in [2.05, 4.69) is 16.3 Å². The van der Waals surface area contributed by atoms with E-state index in [1.807, 2.05) is 4.90 Å². The summed E-state index contributed by atoms with van der Waals surface area (Å²) in [5.74, 6) is 0.898. The Labute approximate surface area is 163 Å². The zero-order chi connectivity index (χ0) is 18.6. The number of likely N-dealkylation sites (N-methyl/N-ethyl adjacent to an activating group) is 1. The van der Waals surface area contributed by atoms with E-state index in [4.69, 9.17) is 4.74 Å². The molecule has 2 saturated heterocycles. The van der Waals surface area contributed by atoms with Crippen molar-refractivity contribution in [1.82, 2.24) is 15.1 Å². The number of morpholine rings is 1. The quantitative estimate of drug-likeness (QED) is 0.843. The standard InChI is InChI=1S/C20H27N3O3S/c1-21-18(24)15-9-26-20(10-22(15)8-13-5-6-13)11-23(12-20)19(25)17-7-14-3-2-4-16(14)27-17/h7,13,15H,2-6,8-12H2,1H3,(H,21,24)/t15-/m1/s1. The molecule has 1 spiro atoms. The summed E-state index contributed by atoms with van der Waals surface area (Å²) in [7, 11) is 1.68. The zero-order valence-corrected chi connectivity index (χ0v) is 16.6. The van der Waals surface area contributed by atoms with Crippen molar-refractivity contribution >= 4 is 23.2 Å². The molecule has 1 aromatic rings. The van der Waals surface area contributed by atoms with Crippen LogP contribution in [0.1, 0.15) is 39.4 Å². The second-order valence-corrected chi connectivity index (χ2v) is 9.71. The fourth-order valence-electron chi connectivity index (χ4n) is 4.69. The highest BCUT2D eigenvalue weighted by atomic mass is 32.1. The first-order valence-electron chi connectivity index (χ1n) is 10.1. The Morgan fingerprint density at radius 1 is 1.30 bits per heavy atom. The molecule has 0 unspecified atom stereocenters. The number of rotatable bonds is 4. The van der Waals surface area contributed by atoms with Crippen molar-refractivity contribution in [3.63, 3.8) is 0 Å². The van der Waals surface area contributed by atoms with E-state index in [0.29, 0.717) is 19.7 Å². The van der Waals surface area contributed by atoms with Crippen LogP contribution in [0.3, 0.4) is 0 Å². The van der Waals surface area contributed by atoms with E-state index in [1.54, 1.807) is 18.4 Å². The second kappa shape index (κ2) is 6.57. The smallest absolute Gasteiger partial charge is 0.264 e. The largest absolute Gasteiger partial charge is 0.368 e. The van der Waals surface area contributed by atoms with Gasteiger partial charge in [-0.25, -0.2) is 0 Å². The third-order valence-electron chi connectivity index (χ3n) is 6.42. The van der Waals surface area contributed by atoms with Crippen molar-refractivity contribution < 1.29 is 14.3 Å². The summed E-state index contributed by atoms with van der Waals surface area (Å²) in [6.45, 7) is 3.40. The van der Waals surface area contributed by atoms with E-state index in [-0.39, 0.29) is 23.5 Å². The molecule has 1 atom stereocenters. The third kappa shape index (κ3) is 3.19. The minimum atomic E-state index is -0.297. The monoisotopic (exact) mass is 389 g/mol. The SMILES string of the molecule is CNC(=O)[C@H]1COC2(CN(C(=O)c3cc4c(s3)CCC4)C2)CN1CC1CC1. The normalized spacial score (nSPS) is 26.7. The maximum atomic E-state index is 12.8. The minimum absolute atomic E-state index is 0.0332. The molecule has 2 aliphatic carbocycles. The summed E-state index contributed by atoms with van der Waals surface area (Å²) < 4.78 is 6.15. The van der Waals surface area contributed by atoms with Gasteiger partial charge in [0.2, 0.25) is 5.91 Å². The predicted molar refractivity (Wildman–Crippen MR) is 103 cm³/mol. The molecular weight excluding hydrogens is 362 g/mol. The first-order valence-corrected chi connectivity index (χ1v) is 10.9. The highest BCUT2D eigenvalue weighted by molar-refractivity contribution is 7.14. The summed E-state index contributed by atoms with van der Waals surface area (Å²) >= 11 is 1.67. The summed E-state index contributed by atoms with van der Waals surface area (Å²) in [5.41, 5.74) is 1.08. The van der Waals surface area contributed by atoms with Gasteiger partial charge < -0.3 is 15.0 Å². The van der Waals surface area contributed by atoms with Crippen LogP contribution in [0.4, 0.5) is 0 Å². The number of thiophene rings is 1. The lowest BCUT2D eigenvalue weighted by Gasteiger charge is -2.55. The van der Waals surface area contributed by atoms with Crippen molar-refractivity contribution in [1.29, 1.82) is 0 Å². The van der Waals surface area contributed by atoms with Crippen LogP contribution in [0.2, 0.25) is 0 Å². The van der Waals surface area contributed by atoms with Gasteiger partial charge in [-0.15, -0.1) is 11.3 Å². The van der Waals surface area contributed by atoms with Crippen LogP contribution in [0.25, 0.3) is 0 Å². The highest BCUT2D eigenvalue weighted by Crippen LogP contribution is 2.37. The fraction of sp³-hybridized carbons (Fsp3) is 0.700. The molecule has 3 fully saturated rings. The van der Waals surface area contributed by atoms with Crippen LogP contribution in [-0.4, -0.2) is 73.1 Å². The van der Waals surface area contributed by atoms with Gasteiger partial charge in [-0.3, -0.25) is 14.5 Å². The van der Waals surface area contributed by atoms with Gasteiger partial charge in [0.15, 0.2) is 0 Å². The molecule has 6 nitrogen and oxygen atoms in total. The molecule has 146 valence electrons. The van der Waals surface area contributed by atoms with Crippen LogP contribution in [-0.2, 0) is 22.4 Å². The molecule has 0 radical (unpaired) electrons. The summed E-state index contributed by atoms with van der Waals surface area (Å²) in [6.07, 6.45) is 5.98. The lowest BCUT2D eigenvalue weighted by molar-refractivity contribution is -0.191. The average molecular weight is 390 g/mol. The topological polar surface area (TPSA) is 61.9 Å². The van der Waals surface area contributed by atoms with Gasteiger partial charge in [0.1, 0.15) is 11.6 Å². The molecule has 2 amide bonds. The van der Waals surface area contributed by atoms with Crippen LogP contribution in [0.15, 0.2) is 6.07 Å². The Bertz CT molecular complexity index is 745. The van der Waals surface area contributed by atoms with Gasteiger partial charge >= 0.3 is 0 Å². The predicted octanol–water partition coefficient (Wildman–Crippen LogP) is 1.29. The molecule has 27 heavy (non-hydrogen) atoms. The van der Waals surface area contributed by atoms with Crippen LogP contribution in [0.5, 0.6) is 0 Å². The number of likely N-dealkylation sites (tertiary alicyclic amines) is 1. The van der Waals surface area contributed by atoms with Crippen molar-refractivity contribution in [3.05, 3.63) is 21.4 Å². The Morgan fingerprint density at radius 3 is 2.81 bits per heavy atom. The number of fused-ring (bicyclic) bond motifs is 1. The van der Waals surface area contributed by atoms with E-state index >= 15 is 0 Å². The number of ether oxygens (including phenoxy) is 1. The molecule has 1 aromatic heterocycles. The first kappa shape index (κ1) is 17.6. The lowest BCUT2D eigenvalue weighted by atomic mass is 9.90. The van der Waals surface area contributed by atoms with Crippen LogP contribution in [0, 0.1) is 5.92 Å². The molecule has 0 bridgehead atoms. The Hall–Kier alpha value is -1.44. The molecule has 1 saturated carbocycles. The number of nitrogens with one attached hydrogen (secondary N) is 1. The maximum absolute atomic E-state index is 12.8. The summed E-state index contributed by atoms with van der Waals surface area (Å²) in [5, 5.41) is 2.77. The molecule has 3 heterocycles. The minimum Gasteiger partial charge on any atom is -0.368 e. The average Bonchev–Trinajstić information content (AvgIpc) is 3.18. The number of amides is 2. The Kier molecular flexibility index (Phi) is 4.29. The van der Waals surface area contributed by atoms with Crippen LogP contribution >= 0.6 is 11.3 Å². The van der Waals surface area contributed by atoms with E-state index < -0.39 is 0 Å². The fourth-order valence-corrected chi connectivity index (χ4v) is 5.92. The second-order valence-electron chi connectivity index (χ2n) is 8.57. The van der Waals surface area contributed by atoms with Gasteiger partial charge in [0, 0.05) is 25.0 Å². The summed E-state index contributed by atoms with van der Waals surface area (Å²) in [4.78, 5) is 31.6. The number of aryl methyl sites for hydroxylation is 2. The molecule has 2 aliphatic heterocycles. The molecule has 1 N–H and O–H groups in total. The van der Waals surface area contributed by atoms with Crippen molar-refractivity contribution in [2.24, 2.45) is 5.92 Å². The molecular formula is C20H27N3O3S. The van der Waals surface area contributed by atoms with Gasteiger partial charge in [-0.1, -0.05) is 0 Å². The van der Waals surface area contributed by atoms with Gasteiger partial charge in [0.25, 0.3) is 5.91 Å². The zero-order valence-electron chi connectivity index (χ0n) is 15.8. The molecule has 7 heteroatoms. The van der Waals surface area contributed by atoms with Crippen molar-refractivity contribution in [2.45, 2.75) is 43.7 Å². The number of carbonyl (C=O) groups is 2. The number of hydrogen-bond donors (Lipinski definition) is 1. The van der Waals surface area contributed by atoms with Crippen LogP contribution < -0.4 is 5.32 Å². The molecule has 0 aromatic carbocycles. The lowest BCUT2D eigenvalue weighted by Crippen LogP contribution is -2.73. The first-order chi connectivity index (χ1) is 13.1. The maximum Gasteiger partial charge on any atom is 0.264 e. The van der Waals surface area contributed by atoms with Crippen molar-refractivity contribution in [2.75, 3.05) is 39.8 Å². The Balaban J connectivity index is 1.24. The van der Waals surface area contributed by atoms with E-state index in [1.165, 1.54) is 29.7 Å². The van der Waals surface area contributed by atoms with E-state index in [9.17, 15) is 9.59 Å². The third-order valence-corrected chi connectivity index (χ3v) is 7.65. The van der Waals surface area contributed by atoms with Gasteiger partial charge in [0.05, 0.1) is 24.6 Å². The molecule has 4 aliphatic rings. The Morgan fingerprint density at radius 2 is 2.11 bits per heavy atom.